The molecule has 1 aromatic carbocycles. The number of hydrogen-bond donors (Lipinski definition) is 1. The molecule has 1 aromatic heterocycles. The highest BCUT2D eigenvalue weighted by Gasteiger charge is 2.18. The molecule has 1 heterocycles. The first-order chi connectivity index (χ1) is 11.3. The van der Waals surface area contributed by atoms with Crippen LogP contribution in [0, 0.1) is 5.82 Å². The van der Waals surface area contributed by atoms with Crippen molar-refractivity contribution in [1.82, 2.24) is 15.4 Å². The van der Waals surface area contributed by atoms with Crippen LogP contribution < -0.4 is 5.43 Å². The third-order valence-electron chi connectivity index (χ3n) is 2.65. The van der Waals surface area contributed by atoms with E-state index in [0.717, 1.165) is 0 Å². The van der Waals surface area contributed by atoms with Crippen LogP contribution in [0.5, 0.6) is 0 Å². The van der Waals surface area contributed by atoms with Crippen LogP contribution in [0.1, 0.15) is 32.0 Å². The molecule has 0 saturated heterocycles. The molecule has 6 nitrogen and oxygen atoms in total. The Bertz CT molecular complexity index is 760. The molecular formula is C16H16BrFN4O2. The number of rotatable bonds is 3. The van der Waals surface area contributed by atoms with Crippen molar-refractivity contribution in [3.8, 4) is 0 Å². The van der Waals surface area contributed by atoms with Crippen LogP contribution >= 0.6 is 15.9 Å². The Balaban J connectivity index is 2.37. The predicted molar refractivity (Wildman–Crippen MR) is 91.1 cm³/mol. The third kappa shape index (κ3) is 5.09. The number of carbonyl (C=O) groups excluding carboxylic acids is 1. The van der Waals surface area contributed by atoms with Crippen molar-refractivity contribution in [2.75, 3.05) is 0 Å². The molecule has 2 aromatic rings. The Morgan fingerprint density at radius 2 is 2.08 bits per heavy atom. The summed E-state index contributed by atoms with van der Waals surface area (Å²) < 4.78 is 20.0. The first kappa shape index (κ1) is 18.0. The van der Waals surface area contributed by atoms with Crippen LogP contribution in [0.4, 0.5) is 9.18 Å². The van der Waals surface area contributed by atoms with E-state index in [4.69, 9.17) is 4.74 Å². The lowest BCUT2D eigenvalue weighted by atomic mass is 10.1. The standard InChI is InChI=1S/C16H16BrFN4O2/c1-16(2,3)24-15(23)22-21-14(13-9-19-6-7-20-13)11-5-4-10(17)8-12(11)18/h4-9H,1-3H3,(H,22,23). The summed E-state index contributed by atoms with van der Waals surface area (Å²) >= 11 is 3.20. The van der Waals surface area contributed by atoms with Crippen molar-refractivity contribution < 1.29 is 13.9 Å². The average molecular weight is 395 g/mol. The molecule has 0 saturated carbocycles. The van der Waals surface area contributed by atoms with E-state index in [1.807, 2.05) is 0 Å². The van der Waals surface area contributed by atoms with Gasteiger partial charge in [-0.25, -0.2) is 14.6 Å². The number of nitrogens with zero attached hydrogens (tertiary/aromatic N) is 3. The van der Waals surface area contributed by atoms with Gasteiger partial charge < -0.3 is 4.74 Å². The second-order valence-electron chi connectivity index (χ2n) is 5.79. The number of aromatic nitrogens is 2. The van der Waals surface area contributed by atoms with Crippen molar-refractivity contribution >= 4 is 27.7 Å². The van der Waals surface area contributed by atoms with Gasteiger partial charge in [-0.3, -0.25) is 9.97 Å². The Morgan fingerprint density at radius 3 is 2.67 bits per heavy atom. The molecule has 0 aliphatic carbocycles. The Kier molecular flexibility index (Phi) is 5.61. The normalized spacial score (nSPS) is 12.0. The van der Waals surface area contributed by atoms with Crippen LogP contribution in [-0.4, -0.2) is 27.4 Å². The number of hydrogen-bond acceptors (Lipinski definition) is 5. The maximum atomic E-state index is 14.3. The minimum Gasteiger partial charge on any atom is -0.443 e. The molecule has 0 aliphatic heterocycles. The van der Waals surface area contributed by atoms with Gasteiger partial charge in [0, 0.05) is 22.4 Å². The SMILES string of the molecule is CC(C)(C)OC(=O)NN=C(c1cnccn1)c1ccc(Br)cc1F. The van der Waals surface area contributed by atoms with E-state index in [1.54, 1.807) is 26.8 Å². The minimum atomic E-state index is -0.749. The maximum absolute atomic E-state index is 14.3. The molecule has 0 atom stereocenters. The lowest BCUT2D eigenvalue weighted by Gasteiger charge is -2.18. The maximum Gasteiger partial charge on any atom is 0.428 e. The number of nitrogens with one attached hydrogen (secondary N) is 1. The van der Waals surface area contributed by atoms with Crippen molar-refractivity contribution in [2.24, 2.45) is 5.10 Å². The summed E-state index contributed by atoms with van der Waals surface area (Å²) in [5.41, 5.74) is 2.22. The molecule has 0 bridgehead atoms. The Morgan fingerprint density at radius 1 is 1.33 bits per heavy atom. The summed E-state index contributed by atoms with van der Waals surface area (Å²) in [5, 5.41) is 3.97. The topological polar surface area (TPSA) is 76.5 Å². The molecule has 0 aliphatic rings. The van der Waals surface area contributed by atoms with Gasteiger partial charge in [-0.15, -0.1) is 0 Å². The largest absolute Gasteiger partial charge is 0.443 e. The monoisotopic (exact) mass is 394 g/mol. The van der Waals surface area contributed by atoms with Crippen LogP contribution in [0.2, 0.25) is 0 Å². The lowest BCUT2D eigenvalue weighted by Crippen LogP contribution is -2.30. The number of benzene rings is 1. The van der Waals surface area contributed by atoms with Crippen LogP contribution in [0.15, 0.2) is 46.4 Å². The number of hydrazone groups is 1. The molecule has 126 valence electrons. The van der Waals surface area contributed by atoms with Crippen molar-refractivity contribution in [2.45, 2.75) is 26.4 Å². The van der Waals surface area contributed by atoms with Gasteiger partial charge >= 0.3 is 6.09 Å². The van der Waals surface area contributed by atoms with Gasteiger partial charge in [0.1, 0.15) is 22.8 Å². The first-order valence-electron chi connectivity index (χ1n) is 7.05. The fraction of sp³-hybridized carbons (Fsp3) is 0.250. The van der Waals surface area contributed by atoms with E-state index in [-0.39, 0.29) is 11.3 Å². The smallest absolute Gasteiger partial charge is 0.428 e. The number of amides is 1. The molecule has 0 fully saturated rings. The zero-order chi connectivity index (χ0) is 17.7. The van der Waals surface area contributed by atoms with Gasteiger partial charge in [0.05, 0.1) is 6.20 Å². The summed E-state index contributed by atoms with van der Waals surface area (Å²) in [6.45, 7) is 5.19. The van der Waals surface area contributed by atoms with E-state index in [1.165, 1.54) is 30.7 Å². The minimum absolute atomic E-state index is 0.138. The second kappa shape index (κ2) is 7.48. The lowest BCUT2D eigenvalue weighted by molar-refractivity contribution is 0.0529. The predicted octanol–water partition coefficient (Wildman–Crippen LogP) is 3.66. The van der Waals surface area contributed by atoms with E-state index in [2.05, 4.69) is 36.4 Å². The number of carbonyl (C=O) groups is 1. The highest BCUT2D eigenvalue weighted by atomic mass is 79.9. The van der Waals surface area contributed by atoms with E-state index < -0.39 is 17.5 Å². The van der Waals surface area contributed by atoms with Crippen LogP contribution in [0.3, 0.4) is 0 Å². The fourth-order valence-electron chi connectivity index (χ4n) is 1.76. The molecule has 2 rings (SSSR count). The molecular weight excluding hydrogens is 379 g/mol. The zero-order valence-corrected chi connectivity index (χ0v) is 15.0. The van der Waals surface area contributed by atoms with Crippen molar-refractivity contribution in [3.63, 3.8) is 0 Å². The van der Waals surface area contributed by atoms with Gasteiger partial charge in [0.2, 0.25) is 0 Å². The summed E-state index contributed by atoms with van der Waals surface area (Å²) in [4.78, 5) is 19.8. The molecule has 0 unspecified atom stereocenters. The molecule has 24 heavy (non-hydrogen) atoms. The fourth-order valence-corrected chi connectivity index (χ4v) is 2.09. The van der Waals surface area contributed by atoms with E-state index in [0.29, 0.717) is 10.2 Å². The highest BCUT2D eigenvalue weighted by Crippen LogP contribution is 2.18. The van der Waals surface area contributed by atoms with Crippen molar-refractivity contribution in [1.29, 1.82) is 0 Å². The van der Waals surface area contributed by atoms with Crippen LogP contribution in [0.25, 0.3) is 0 Å². The number of ether oxygens (including phenoxy) is 1. The van der Waals surface area contributed by atoms with Gasteiger partial charge in [-0.1, -0.05) is 15.9 Å². The third-order valence-corrected chi connectivity index (χ3v) is 3.14. The van der Waals surface area contributed by atoms with Crippen molar-refractivity contribution in [3.05, 3.63) is 58.3 Å². The van der Waals surface area contributed by atoms with Gasteiger partial charge in [-0.05, 0) is 39.0 Å². The summed E-state index contributed by atoms with van der Waals surface area (Å²) in [6, 6.07) is 4.50. The average Bonchev–Trinajstić information content (AvgIpc) is 2.48. The van der Waals surface area contributed by atoms with Gasteiger partial charge in [0.25, 0.3) is 0 Å². The Labute approximate surface area is 147 Å². The van der Waals surface area contributed by atoms with Crippen LogP contribution in [-0.2, 0) is 4.74 Å². The molecule has 0 spiro atoms. The zero-order valence-electron chi connectivity index (χ0n) is 13.4. The Hall–Kier alpha value is -2.35. The molecule has 8 heteroatoms. The quantitative estimate of drug-likeness (QED) is 0.636. The first-order valence-corrected chi connectivity index (χ1v) is 7.84. The van der Waals surface area contributed by atoms with Gasteiger partial charge in [0.15, 0.2) is 0 Å². The molecule has 1 amide bonds. The highest BCUT2D eigenvalue weighted by molar-refractivity contribution is 9.10. The van der Waals surface area contributed by atoms with E-state index >= 15 is 0 Å². The van der Waals surface area contributed by atoms with E-state index in [9.17, 15) is 9.18 Å². The molecule has 0 radical (unpaired) electrons. The second-order valence-corrected chi connectivity index (χ2v) is 6.70. The summed E-state index contributed by atoms with van der Waals surface area (Å²) in [5.74, 6) is -0.514. The molecule has 1 N–H and O–H groups in total. The summed E-state index contributed by atoms with van der Waals surface area (Å²) in [7, 11) is 0. The summed E-state index contributed by atoms with van der Waals surface area (Å²) in [6.07, 6.45) is 3.62. The number of halogens is 2. The van der Waals surface area contributed by atoms with Gasteiger partial charge in [-0.2, -0.15) is 5.10 Å².